The van der Waals surface area contributed by atoms with Crippen LogP contribution in [0, 0.1) is 0 Å². The fourth-order valence-electron chi connectivity index (χ4n) is 2.81. The van der Waals surface area contributed by atoms with Crippen LogP contribution in [0.2, 0.25) is 0 Å². The molecule has 4 nitrogen and oxygen atoms in total. The molecule has 0 bridgehead atoms. The smallest absolute Gasteiger partial charge is 0.0767 e. The van der Waals surface area contributed by atoms with E-state index in [1.165, 1.54) is 15.9 Å². The minimum atomic E-state index is 0.182. The van der Waals surface area contributed by atoms with Crippen molar-refractivity contribution in [2.24, 2.45) is 0 Å². The summed E-state index contributed by atoms with van der Waals surface area (Å²) in [6.07, 6.45) is 0.974. The van der Waals surface area contributed by atoms with Crippen LogP contribution in [0.25, 0.3) is 0 Å². The lowest BCUT2D eigenvalue weighted by Crippen LogP contribution is -2.60. The SMILES string of the molecule is CCc1nn(CC)c(CN2CC(C)NCC2(C)C)c1Br. The Morgan fingerprint density at radius 1 is 1.40 bits per heavy atom. The molecular formula is C15H27BrN4. The molecule has 1 aliphatic rings. The number of rotatable bonds is 4. The summed E-state index contributed by atoms with van der Waals surface area (Å²) in [5, 5.41) is 8.28. The van der Waals surface area contributed by atoms with Gasteiger partial charge in [-0.05, 0) is 50.0 Å². The molecule has 1 atom stereocenters. The second kappa shape index (κ2) is 6.16. The predicted molar refractivity (Wildman–Crippen MR) is 86.9 cm³/mol. The molecule has 2 heterocycles. The summed E-state index contributed by atoms with van der Waals surface area (Å²) in [5.41, 5.74) is 2.66. The Morgan fingerprint density at radius 3 is 2.70 bits per heavy atom. The number of hydrogen-bond acceptors (Lipinski definition) is 3. The average molecular weight is 343 g/mol. The zero-order valence-electron chi connectivity index (χ0n) is 13.3. The Kier molecular flexibility index (Phi) is 4.92. The van der Waals surface area contributed by atoms with E-state index in [4.69, 9.17) is 5.10 Å². The van der Waals surface area contributed by atoms with Crippen molar-refractivity contribution in [1.82, 2.24) is 20.0 Å². The molecule has 0 spiro atoms. The van der Waals surface area contributed by atoms with Gasteiger partial charge in [-0.25, -0.2) is 0 Å². The van der Waals surface area contributed by atoms with E-state index in [-0.39, 0.29) is 5.54 Å². The first-order valence-corrected chi connectivity index (χ1v) is 8.40. The molecule has 1 N–H and O–H groups in total. The molecule has 0 aromatic carbocycles. The van der Waals surface area contributed by atoms with Crippen LogP contribution in [0.1, 0.15) is 46.0 Å². The lowest BCUT2D eigenvalue weighted by Gasteiger charge is -2.45. The fourth-order valence-corrected chi connectivity index (χ4v) is 3.50. The van der Waals surface area contributed by atoms with Crippen molar-refractivity contribution in [2.75, 3.05) is 13.1 Å². The van der Waals surface area contributed by atoms with Gasteiger partial charge in [-0.1, -0.05) is 6.92 Å². The predicted octanol–water partition coefficient (Wildman–Crippen LogP) is 2.80. The molecule has 114 valence electrons. The first-order valence-electron chi connectivity index (χ1n) is 7.61. The van der Waals surface area contributed by atoms with E-state index in [2.05, 4.69) is 65.4 Å². The Hall–Kier alpha value is -0.390. The summed E-state index contributed by atoms with van der Waals surface area (Å²) in [6, 6.07) is 0.547. The van der Waals surface area contributed by atoms with Crippen LogP contribution >= 0.6 is 15.9 Å². The molecule has 1 aromatic rings. The van der Waals surface area contributed by atoms with Gasteiger partial charge in [0.05, 0.1) is 15.9 Å². The molecule has 5 heteroatoms. The fraction of sp³-hybridized carbons (Fsp3) is 0.800. The van der Waals surface area contributed by atoms with Crippen LogP contribution in [-0.2, 0) is 19.5 Å². The van der Waals surface area contributed by atoms with E-state index >= 15 is 0 Å². The second-order valence-electron chi connectivity index (χ2n) is 6.35. The largest absolute Gasteiger partial charge is 0.311 e. The van der Waals surface area contributed by atoms with Gasteiger partial charge in [-0.15, -0.1) is 0 Å². The monoisotopic (exact) mass is 342 g/mol. The van der Waals surface area contributed by atoms with Gasteiger partial charge in [0.25, 0.3) is 0 Å². The maximum atomic E-state index is 4.71. The molecule has 0 aliphatic carbocycles. The van der Waals surface area contributed by atoms with Gasteiger partial charge in [-0.3, -0.25) is 9.58 Å². The van der Waals surface area contributed by atoms with E-state index in [1.807, 2.05) is 0 Å². The van der Waals surface area contributed by atoms with E-state index in [9.17, 15) is 0 Å². The maximum absolute atomic E-state index is 4.71. The van der Waals surface area contributed by atoms with Crippen LogP contribution in [0.5, 0.6) is 0 Å². The highest BCUT2D eigenvalue weighted by Crippen LogP contribution is 2.27. The maximum Gasteiger partial charge on any atom is 0.0767 e. The summed E-state index contributed by atoms with van der Waals surface area (Å²) in [4.78, 5) is 2.57. The topological polar surface area (TPSA) is 33.1 Å². The normalized spacial score (nSPS) is 23.2. The van der Waals surface area contributed by atoms with Crippen molar-refractivity contribution in [2.45, 2.75) is 65.7 Å². The molecule has 1 saturated heterocycles. The number of hydrogen-bond donors (Lipinski definition) is 1. The molecule has 1 aliphatic heterocycles. The zero-order valence-corrected chi connectivity index (χ0v) is 14.9. The van der Waals surface area contributed by atoms with E-state index in [0.717, 1.165) is 32.6 Å². The van der Waals surface area contributed by atoms with Gasteiger partial charge >= 0.3 is 0 Å². The lowest BCUT2D eigenvalue weighted by molar-refractivity contribution is 0.0599. The zero-order chi connectivity index (χ0) is 14.9. The lowest BCUT2D eigenvalue weighted by atomic mass is 9.97. The third-order valence-corrected chi connectivity index (χ3v) is 5.18. The Morgan fingerprint density at radius 2 is 2.10 bits per heavy atom. The van der Waals surface area contributed by atoms with Crippen molar-refractivity contribution in [1.29, 1.82) is 0 Å². The first kappa shape index (κ1) is 16.0. The molecule has 0 amide bonds. The van der Waals surface area contributed by atoms with Gasteiger partial charge in [0, 0.05) is 37.8 Å². The minimum absolute atomic E-state index is 0.182. The molecule has 1 fully saturated rings. The Balaban J connectivity index is 2.26. The third-order valence-electron chi connectivity index (χ3n) is 4.27. The molecule has 0 radical (unpaired) electrons. The highest BCUT2D eigenvalue weighted by atomic mass is 79.9. The van der Waals surface area contributed by atoms with Gasteiger partial charge in [0.15, 0.2) is 0 Å². The summed E-state index contributed by atoms with van der Waals surface area (Å²) in [5.74, 6) is 0. The van der Waals surface area contributed by atoms with Crippen LogP contribution < -0.4 is 5.32 Å². The average Bonchev–Trinajstić information content (AvgIpc) is 2.71. The van der Waals surface area contributed by atoms with Gasteiger partial charge in [-0.2, -0.15) is 5.10 Å². The highest BCUT2D eigenvalue weighted by molar-refractivity contribution is 9.10. The molecule has 0 saturated carbocycles. The van der Waals surface area contributed by atoms with E-state index in [0.29, 0.717) is 6.04 Å². The molecule has 20 heavy (non-hydrogen) atoms. The number of halogens is 1. The number of nitrogens with zero attached hydrogens (tertiary/aromatic N) is 3. The number of aromatic nitrogens is 2. The summed E-state index contributed by atoms with van der Waals surface area (Å²) >= 11 is 3.76. The van der Waals surface area contributed by atoms with Crippen molar-refractivity contribution in [3.05, 3.63) is 15.9 Å². The Labute approximate surface area is 131 Å². The van der Waals surface area contributed by atoms with Crippen LogP contribution in [-0.4, -0.2) is 39.4 Å². The van der Waals surface area contributed by atoms with E-state index in [1.54, 1.807) is 0 Å². The third kappa shape index (κ3) is 3.10. The first-order chi connectivity index (χ1) is 9.39. The summed E-state index contributed by atoms with van der Waals surface area (Å²) in [7, 11) is 0. The molecule has 2 rings (SSSR count). The van der Waals surface area contributed by atoms with Crippen molar-refractivity contribution in [3.63, 3.8) is 0 Å². The van der Waals surface area contributed by atoms with Gasteiger partial charge < -0.3 is 5.32 Å². The van der Waals surface area contributed by atoms with Crippen LogP contribution in [0.4, 0.5) is 0 Å². The minimum Gasteiger partial charge on any atom is -0.311 e. The Bertz CT molecular complexity index is 467. The number of nitrogens with one attached hydrogen (secondary N) is 1. The van der Waals surface area contributed by atoms with Crippen LogP contribution in [0.15, 0.2) is 4.47 Å². The number of aryl methyl sites for hydroxylation is 2. The summed E-state index contributed by atoms with van der Waals surface area (Å²) < 4.78 is 3.34. The van der Waals surface area contributed by atoms with Crippen molar-refractivity contribution >= 4 is 15.9 Å². The molecular weight excluding hydrogens is 316 g/mol. The van der Waals surface area contributed by atoms with Crippen molar-refractivity contribution in [3.8, 4) is 0 Å². The molecule has 1 unspecified atom stereocenters. The van der Waals surface area contributed by atoms with Gasteiger partial charge in [0.2, 0.25) is 0 Å². The van der Waals surface area contributed by atoms with Gasteiger partial charge in [0.1, 0.15) is 0 Å². The standard InChI is InChI=1S/C15H27BrN4/c1-6-12-14(16)13(20(7-2)18-12)9-19-8-11(3)17-10-15(19,4)5/h11,17H,6-10H2,1-5H3. The number of piperazine rings is 1. The van der Waals surface area contributed by atoms with E-state index < -0.39 is 0 Å². The van der Waals surface area contributed by atoms with Crippen molar-refractivity contribution < 1.29 is 0 Å². The molecule has 1 aromatic heterocycles. The quantitative estimate of drug-likeness (QED) is 0.913. The second-order valence-corrected chi connectivity index (χ2v) is 7.14. The van der Waals surface area contributed by atoms with Crippen LogP contribution in [0.3, 0.4) is 0 Å². The summed E-state index contributed by atoms with van der Waals surface area (Å²) in [6.45, 7) is 15.2. The highest BCUT2D eigenvalue weighted by Gasteiger charge is 2.33.